The van der Waals surface area contributed by atoms with Gasteiger partial charge in [-0.15, -0.1) is 0 Å². The van der Waals surface area contributed by atoms with Gasteiger partial charge in [-0.3, -0.25) is 0 Å². The number of unbranched alkanes of at least 4 members (excludes halogenated alkanes) is 2. The molecule has 0 radical (unpaired) electrons. The predicted molar refractivity (Wildman–Crippen MR) is 118 cm³/mol. The van der Waals surface area contributed by atoms with Gasteiger partial charge in [0.2, 0.25) is 0 Å². The number of hydrogen-bond acceptors (Lipinski definition) is 7. The summed E-state index contributed by atoms with van der Waals surface area (Å²) in [6.45, 7) is 7.37. The highest BCUT2D eigenvalue weighted by Crippen LogP contribution is 2.31. The number of aromatic hydroxyl groups is 1. The Balaban J connectivity index is 2.38. The Morgan fingerprint density at radius 3 is 1.93 bits per heavy atom. The van der Waals surface area contributed by atoms with E-state index in [2.05, 4.69) is 24.5 Å². The van der Waals surface area contributed by atoms with Gasteiger partial charge in [0.25, 0.3) is 0 Å². The zero-order chi connectivity index (χ0) is 21.3. The Morgan fingerprint density at radius 1 is 0.828 bits per heavy atom. The van der Waals surface area contributed by atoms with Gasteiger partial charge in [0.15, 0.2) is 0 Å². The van der Waals surface area contributed by atoms with E-state index >= 15 is 0 Å². The number of benzene rings is 1. The molecule has 1 rings (SSSR count). The van der Waals surface area contributed by atoms with Crippen molar-refractivity contribution in [1.29, 1.82) is 0 Å². The third kappa shape index (κ3) is 11.9. The Hall–Kier alpha value is -1.54. The van der Waals surface area contributed by atoms with Crippen LogP contribution in [-0.2, 0) is 9.47 Å². The molecule has 0 saturated heterocycles. The van der Waals surface area contributed by atoms with Crippen molar-refractivity contribution in [3.63, 3.8) is 0 Å². The fraction of sp³-hybridized carbons (Fsp3) is 0.727. The normalized spacial score (nSPS) is 13.2. The maximum atomic E-state index is 10.2. The second-order valence-corrected chi connectivity index (χ2v) is 7.28. The van der Waals surface area contributed by atoms with Gasteiger partial charge in [0.1, 0.15) is 11.4 Å². The molecule has 29 heavy (non-hydrogen) atoms. The fourth-order valence-corrected chi connectivity index (χ4v) is 2.66. The van der Waals surface area contributed by atoms with Crippen LogP contribution in [0.15, 0.2) is 18.2 Å². The maximum Gasteiger partial charge on any atom is 0.140 e. The first-order valence-electron chi connectivity index (χ1n) is 10.9. The van der Waals surface area contributed by atoms with Crippen molar-refractivity contribution in [3.8, 4) is 5.75 Å². The molecule has 0 saturated carbocycles. The highest BCUT2D eigenvalue weighted by Gasteiger charge is 2.12. The van der Waals surface area contributed by atoms with Gasteiger partial charge in [-0.1, -0.05) is 32.8 Å². The fourth-order valence-electron chi connectivity index (χ4n) is 2.66. The zero-order valence-corrected chi connectivity index (χ0v) is 18.0. The average molecular weight is 413 g/mol. The number of aliphatic hydroxyl groups is 2. The van der Waals surface area contributed by atoms with E-state index in [9.17, 15) is 15.3 Å². The van der Waals surface area contributed by atoms with Crippen LogP contribution in [0, 0.1) is 0 Å². The third-order valence-electron chi connectivity index (χ3n) is 4.56. The van der Waals surface area contributed by atoms with Crippen molar-refractivity contribution < 1.29 is 24.8 Å². The molecule has 2 unspecified atom stereocenters. The maximum absolute atomic E-state index is 10.2. The van der Waals surface area contributed by atoms with Gasteiger partial charge in [-0.05, 0) is 37.8 Å². The molecular weight excluding hydrogens is 372 g/mol. The standard InChI is InChI=1S/C22H40N2O5/c1-3-5-12-28-14-10-18(25)16-23-20-8-7-9-21(27)22(20)24-17-19(26)11-15-29-13-6-4-2/h7-9,18-19,23-27H,3-6,10-17H2,1-2H3. The SMILES string of the molecule is CCCCOCCC(O)CNc1cccc(O)c1NCC(O)CCOCCCC. The van der Waals surface area contributed by atoms with Gasteiger partial charge in [-0.25, -0.2) is 0 Å². The third-order valence-corrected chi connectivity index (χ3v) is 4.56. The number of aliphatic hydroxyl groups excluding tert-OH is 2. The number of phenolic OH excluding ortho intramolecular Hbond substituents is 1. The van der Waals surface area contributed by atoms with E-state index in [1.807, 2.05) is 6.07 Å². The van der Waals surface area contributed by atoms with Crippen LogP contribution in [0.2, 0.25) is 0 Å². The molecule has 0 fully saturated rings. The van der Waals surface area contributed by atoms with Crippen LogP contribution in [0.4, 0.5) is 11.4 Å². The number of phenols is 1. The topological polar surface area (TPSA) is 103 Å². The predicted octanol–water partition coefficient (Wildman–Crippen LogP) is 3.35. The Morgan fingerprint density at radius 2 is 1.38 bits per heavy atom. The molecule has 7 heteroatoms. The minimum Gasteiger partial charge on any atom is -0.506 e. The summed E-state index contributed by atoms with van der Waals surface area (Å²) in [5.41, 5.74) is 1.20. The molecule has 0 heterocycles. The first kappa shape index (κ1) is 25.5. The largest absolute Gasteiger partial charge is 0.506 e. The van der Waals surface area contributed by atoms with Crippen LogP contribution in [-0.4, -0.2) is 67.0 Å². The summed E-state index contributed by atoms with van der Waals surface area (Å²) in [4.78, 5) is 0. The number of ether oxygens (including phenoxy) is 2. The second kappa shape index (κ2) is 16.3. The van der Waals surface area contributed by atoms with E-state index in [4.69, 9.17) is 9.47 Å². The molecule has 0 aliphatic rings. The van der Waals surface area contributed by atoms with E-state index in [1.54, 1.807) is 12.1 Å². The monoisotopic (exact) mass is 412 g/mol. The van der Waals surface area contributed by atoms with Crippen molar-refractivity contribution in [1.82, 2.24) is 0 Å². The van der Waals surface area contributed by atoms with Crippen molar-refractivity contribution in [2.75, 3.05) is 50.2 Å². The van der Waals surface area contributed by atoms with Crippen LogP contribution in [0.1, 0.15) is 52.4 Å². The molecule has 168 valence electrons. The van der Waals surface area contributed by atoms with Gasteiger partial charge in [0.05, 0.1) is 17.9 Å². The molecule has 2 atom stereocenters. The Labute approximate surface area is 175 Å². The summed E-state index contributed by atoms with van der Waals surface area (Å²) in [5.74, 6) is 0.0961. The van der Waals surface area contributed by atoms with Crippen molar-refractivity contribution >= 4 is 11.4 Å². The molecule has 0 aromatic heterocycles. The summed E-state index contributed by atoms with van der Waals surface area (Å²) in [5, 5.41) is 36.7. The molecule has 7 nitrogen and oxygen atoms in total. The number of anilines is 2. The Kier molecular flexibility index (Phi) is 14.3. The van der Waals surface area contributed by atoms with E-state index in [0.717, 1.165) is 38.9 Å². The van der Waals surface area contributed by atoms with E-state index < -0.39 is 12.2 Å². The first-order valence-corrected chi connectivity index (χ1v) is 10.9. The highest BCUT2D eigenvalue weighted by molar-refractivity contribution is 5.75. The number of nitrogens with one attached hydrogen (secondary N) is 2. The van der Waals surface area contributed by atoms with Crippen LogP contribution < -0.4 is 10.6 Å². The number of hydrogen-bond donors (Lipinski definition) is 5. The lowest BCUT2D eigenvalue weighted by Gasteiger charge is -2.19. The van der Waals surface area contributed by atoms with E-state index in [0.29, 0.717) is 50.5 Å². The van der Waals surface area contributed by atoms with Gasteiger partial charge < -0.3 is 35.4 Å². The van der Waals surface area contributed by atoms with Crippen LogP contribution in [0.5, 0.6) is 5.75 Å². The summed E-state index contributed by atoms with van der Waals surface area (Å²) in [7, 11) is 0. The van der Waals surface area contributed by atoms with E-state index in [-0.39, 0.29) is 5.75 Å². The van der Waals surface area contributed by atoms with Crippen LogP contribution >= 0.6 is 0 Å². The van der Waals surface area contributed by atoms with E-state index in [1.165, 1.54) is 0 Å². The highest BCUT2D eigenvalue weighted by atomic mass is 16.5. The number of para-hydroxylation sites is 1. The minimum atomic E-state index is -0.574. The number of rotatable bonds is 18. The van der Waals surface area contributed by atoms with Gasteiger partial charge in [-0.2, -0.15) is 0 Å². The summed E-state index contributed by atoms with van der Waals surface area (Å²) in [6.07, 6.45) is 4.21. The molecule has 0 bridgehead atoms. The van der Waals surface area contributed by atoms with Gasteiger partial charge in [0, 0.05) is 39.5 Å². The Bertz CT molecular complexity index is 530. The van der Waals surface area contributed by atoms with Crippen LogP contribution in [0.25, 0.3) is 0 Å². The van der Waals surface area contributed by atoms with Gasteiger partial charge >= 0.3 is 0 Å². The lowest BCUT2D eigenvalue weighted by atomic mass is 10.2. The molecule has 0 spiro atoms. The second-order valence-electron chi connectivity index (χ2n) is 7.28. The first-order chi connectivity index (χ1) is 14.1. The smallest absolute Gasteiger partial charge is 0.140 e. The minimum absolute atomic E-state index is 0.0961. The molecule has 1 aromatic carbocycles. The molecular formula is C22H40N2O5. The summed E-state index contributed by atoms with van der Waals surface area (Å²) < 4.78 is 11.0. The van der Waals surface area contributed by atoms with Crippen molar-refractivity contribution in [2.45, 2.75) is 64.6 Å². The lowest BCUT2D eigenvalue weighted by Crippen LogP contribution is -2.24. The van der Waals surface area contributed by atoms with Crippen molar-refractivity contribution in [3.05, 3.63) is 18.2 Å². The lowest BCUT2D eigenvalue weighted by molar-refractivity contribution is 0.0849. The molecule has 0 aliphatic carbocycles. The zero-order valence-electron chi connectivity index (χ0n) is 18.0. The molecule has 5 N–H and O–H groups in total. The molecule has 0 aliphatic heterocycles. The summed E-state index contributed by atoms with van der Waals surface area (Å²) >= 11 is 0. The quantitative estimate of drug-likeness (QED) is 0.186. The average Bonchev–Trinajstić information content (AvgIpc) is 2.71. The molecule has 1 aromatic rings. The van der Waals surface area contributed by atoms with Crippen LogP contribution in [0.3, 0.4) is 0 Å². The summed E-state index contributed by atoms with van der Waals surface area (Å²) in [6, 6.07) is 5.15. The molecule has 0 amide bonds. The van der Waals surface area contributed by atoms with Crippen molar-refractivity contribution in [2.24, 2.45) is 0 Å².